The Labute approximate surface area is 194 Å². The van der Waals surface area contributed by atoms with Gasteiger partial charge in [0.25, 0.3) is 0 Å². The first-order chi connectivity index (χ1) is 15.7. The smallest absolute Gasteiger partial charge is 0.243 e. The molecule has 0 radical (unpaired) electrons. The van der Waals surface area contributed by atoms with Crippen LogP contribution in [0.15, 0.2) is 53.4 Å². The topological polar surface area (TPSA) is 117 Å². The zero-order valence-corrected chi connectivity index (χ0v) is 19.9. The first-order valence-electron chi connectivity index (χ1n) is 10.9. The van der Waals surface area contributed by atoms with E-state index in [4.69, 9.17) is 5.73 Å². The van der Waals surface area contributed by atoms with Crippen molar-refractivity contribution in [3.8, 4) is 0 Å². The third-order valence-electron chi connectivity index (χ3n) is 6.01. The molecule has 3 N–H and O–H groups in total. The predicted molar refractivity (Wildman–Crippen MR) is 129 cm³/mol. The van der Waals surface area contributed by atoms with Crippen molar-refractivity contribution in [2.75, 3.05) is 37.2 Å². The van der Waals surface area contributed by atoms with Crippen molar-refractivity contribution in [2.24, 2.45) is 0 Å². The van der Waals surface area contributed by atoms with E-state index in [0.717, 1.165) is 16.8 Å². The Bertz CT molecular complexity index is 1230. The number of aromatic nitrogens is 3. The van der Waals surface area contributed by atoms with Crippen LogP contribution in [0, 0.1) is 13.8 Å². The molecule has 10 heteroatoms. The van der Waals surface area contributed by atoms with Crippen molar-refractivity contribution in [1.29, 1.82) is 0 Å². The lowest BCUT2D eigenvalue weighted by molar-refractivity contribution is 0.141. The van der Waals surface area contributed by atoms with Crippen molar-refractivity contribution < 1.29 is 8.42 Å². The fourth-order valence-electron chi connectivity index (χ4n) is 3.82. The van der Waals surface area contributed by atoms with Gasteiger partial charge in [0.2, 0.25) is 21.9 Å². The van der Waals surface area contributed by atoms with Gasteiger partial charge >= 0.3 is 0 Å². The maximum atomic E-state index is 13.1. The van der Waals surface area contributed by atoms with Crippen LogP contribution in [0.5, 0.6) is 0 Å². The minimum Gasteiger partial charge on any atom is -0.368 e. The summed E-state index contributed by atoms with van der Waals surface area (Å²) in [4.78, 5) is 15.6. The summed E-state index contributed by atoms with van der Waals surface area (Å²) in [6, 6.07) is 14.7. The molecule has 1 aliphatic heterocycles. The summed E-state index contributed by atoms with van der Waals surface area (Å²) in [6.07, 6.45) is 0. The van der Waals surface area contributed by atoms with E-state index in [1.54, 1.807) is 16.4 Å². The lowest BCUT2D eigenvalue weighted by Crippen LogP contribution is -2.49. The number of piperazine rings is 1. The number of para-hydroxylation sites is 1. The molecule has 4 rings (SSSR count). The average molecular weight is 468 g/mol. The molecule has 0 spiro atoms. The monoisotopic (exact) mass is 467 g/mol. The van der Waals surface area contributed by atoms with E-state index in [9.17, 15) is 8.42 Å². The lowest BCUT2D eigenvalue weighted by Gasteiger charge is -2.36. The van der Waals surface area contributed by atoms with Gasteiger partial charge in [0.05, 0.1) is 10.9 Å². The number of rotatable bonds is 6. The summed E-state index contributed by atoms with van der Waals surface area (Å²) in [6.45, 7) is 7.82. The molecule has 9 nitrogen and oxygen atoms in total. The van der Waals surface area contributed by atoms with Gasteiger partial charge in [-0.05, 0) is 56.2 Å². The second kappa shape index (κ2) is 9.42. The van der Waals surface area contributed by atoms with E-state index in [2.05, 4.69) is 25.2 Å². The van der Waals surface area contributed by atoms with E-state index < -0.39 is 10.0 Å². The largest absolute Gasteiger partial charge is 0.368 e. The number of nitrogens with two attached hydrogens (primary N) is 1. The zero-order valence-electron chi connectivity index (χ0n) is 19.1. The van der Waals surface area contributed by atoms with Crippen LogP contribution >= 0.6 is 0 Å². The summed E-state index contributed by atoms with van der Waals surface area (Å²) in [5, 5.41) is 3.15. The van der Waals surface area contributed by atoms with Crippen LogP contribution < -0.4 is 11.1 Å². The highest BCUT2D eigenvalue weighted by Gasteiger charge is 2.31. The van der Waals surface area contributed by atoms with Gasteiger partial charge < -0.3 is 11.1 Å². The van der Waals surface area contributed by atoms with Gasteiger partial charge in [0.15, 0.2) is 5.82 Å². The van der Waals surface area contributed by atoms with Gasteiger partial charge in [-0.3, -0.25) is 4.90 Å². The van der Waals surface area contributed by atoms with Crippen LogP contribution in [0.4, 0.5) is 17.6 Å². The molecule has 0 unspecified atom stereocenters. The molecule has 2 heterocycles. The van der Waals surface area contributed by atoms with E-state index >= 15 is 0 Å². The average Bonchev–Trinajstić information content (AvgIpc) is 2.80. The van der Waals surface area contributed by atoms with Crippen LogP contribution in [0.2, 0.25) is 0 Å². The number of anilines is 3. The first kappa shape index (κ1) is 23.1. The van der Waals surface area contributed by atoms with Crippen LogP contribution in [0.3, 0.4) is 0 Å². The minimum absolute atomic E-state index is 0.140. The number of aryl methyl sites for hydroxylation is 2. The summed E-state index contributed by atoms with van der Waals surface area (Å²) >= 11 is 0. The van der Waals surface area contributed by atoms with Crippen molar-refractivity contribution in [1.82, 2.24) is 24.2 Å². The number of hydrogen-bond donors (Lipinski definition) is 2. The highest BCUT2D eigenvalue weighted by atomic mass is 32.2. The molecule has 174 valence electrons. The molecule has 3 aromatic rings. The van der Waals surface area contributed by atoms with Gasteiger partial charge in [-0.2, -0.15) is 19.3 Å². The maximum Gasteiger partial charge on any atom is 0.243 e. The second-order valence-electron chi connectivity index (χ2n) is 8.23. The van der Waals surface area contributed by atoms with Gasteiger partial charge in [-0.25, -0.2) is 8.42 Å². The van der Waals surface area contributed by atoms with E-state index in [1.807, 2.05) is 57.2 Å². The van der Waals surface area contributed by atoms with Gasteiger partial charge in [-0.1, -0.05) is 24.3 Å². The molecule has 2 aromatic carbocycles. The SMILES string of the molecule is Cc1ccc(S(=O)(=O)N2CCN([C@@H](C)c3nc(N)nc(Nc4ccccc4)n3)CC2)cc1C. The Kier molecular flexibility index (Phi) is 6.59. The molecule has 0 aliphatic carbocycles. The molecule has 1 aliphatic rings. The summed E-state index contributed by atoms with van der Waals surface area (Å²) in [7, 11) is -3.53. The molecule has 1 aromatic heterocycles. The molecule has 0 saturated carbocycles. The zero-order chi connectivity index (χ0) is 23.6. The van der Waals surface area contributed by atoms with E-state index in [0.29, 0.717) is 42.8 Å². The molecule has 0 amide bonds. The summed E-state index contributed by atoms with van der Waals surface area (Å²) in [5.41, 5.74) is 8.83. The van der Waals surface area contributed by atoms with Crippen LogP contribution in [-0.4, -0.2) is 58.8 Å². The Morgan fingerprint density at radius 2 is 1.64 bits per heavy atom. The van der Waals surface area contributed by atoms with Crippen molar-refractivity contribution >= 4 is 27.6 Å². The van der Waals surface area contributed by atoms with Gasteiger partial charge in [0.1, 0.15) is 0 Å². The number of hydrogen-bond acceptors (Lipinski definition) is 8. The van der Waals surface area contributed by atoms with Crippen LogP contribution in [0.25, 0.3) is 0 Å². The van der Waals surface area contributed by atoms with E-state index in [-0.39, 0.29) is 12.0 Å². The Hall–Kier alpha value is -3.08. The first-order valence-corrected chi connectivity index (χ1v) is 12.3. The lowest BCUT2D eigenvalue weighted by atomic mass is 10.1. The van der Waals surface area contributed by atoms with Crippen LogP contribution in [0.1, 0.15) is 29.9 Å². The van der Waals surface area contributed by atoms with Gasteiger partial charge in [0, 0.05) is 31.9 Å². The highest BCUT2D eigenvalue weighted by Crippen LogP contribution is 2.25. The van der Waals surface area contributed by atoms with Crippen molar-refractivity contribution in [3.05, 3.63) is 65.5 Å². The molecule has 0 bridgehead atoms. The third-order valence-corrected chi connectivity index (χ3v) is 7.91. The Morgan fingerprint density at radius 1 is 0.939 bits per heavy atom. The summed E-state index contributed by atoms with van der Waals surface area (Å²) < 4.78 is 27.8. The van der Waals surface area contributed by atoms with Crippen molar-refractivity contribution in [2.45, 2.75) is 31.7 Å². The standard InChI is InChI=1S/C23H29N7O2S/c1-16-9-10-20(15-17(16)2)33(31,32)30-13-11-29(12-14-30)18(3)21-26-22(24)28-23(27-21)25-19-7-5-4-6-8-19/h4-10,15,18H,11-14H2,1-3H3,(H3,24,25,26,27,28)/t18-/m0/s1. The fourth-order valence-corrected chi connectivity index (χ4v) is 5.33. The van der Waals surface area contributed by atoms with Crippen LogP contribution in [-0.2, 0) is 10.0 Å². The molecule has 1 atom stereocenters. The number of nitrogens with one attached hydrogen (secondary N) is 1. The Morgan fingerprint density at radius 3 is 2.30 bits per heavy atom. The maximum absolute atomic E-state index is 13.1. The van der Waals surface area contributed by atoms with Gasteiger partial charge in [-0.15, -0.1) is 0 Å². The second-order valence-corrected chi connectivity index (χ2v) is 10.2. The number of benzene rings is 2. The van der Waals surface area contributed by atoms with E-state index in [1.165, 1.54) is 0 Å². The molecular weight excluding hydrogens is 438 g/mol. The molecule has 1 fully saturated rings. The highest BCUT2D eigenvalue weighted by molar-refractivity contribution is 7.89. The number of nitrogen functional groups attached to an aromatic ring is 1. The fraction of sp³-hybridized carbons (Fsp3) is 0.348. The molecule has 33 heavy (non-hydrogen) atoms. The number of sulfonamides is 1. The Balaban J connectivity index is 1.45. The third kappa shape index (κ3) is 5.13. The van der Waals surface area contributed by atoms with Crippen molar-refractivity contribution in [3.63, 3.8) is 0 Å². The summed E-state index contributed by atoms with van der Waals surface area (Å²) in [5.74, 6) is 1.07. The predicted octanol–water partition coefficient (Wildman–Crippen LogP) is 2.88. The normalized spacial score (nSPS) is 16.5. The quantitative estimate of drug-likeness (QED) is 0.568. The molecule has 1 saturated heterocycles. The molecular formula is C23H29N7O2S. The minimum atomic E-state index is -3.53. The number of nitrogens with zero attached hydrogens (tertiary/aromatic N) is 5.